The third kappa shape index (κ3) is 5.66. The van der Waals surface area contributed by atoms with Gasteiger partial charge in [-0.3, -0.25) is 4.98 Å². The summed E-state index contributed by atoms with van der Waals surface area (Å²) in [5, 5.41) is 7.45. The van der Waals surface area contributed by atoms with Gasteiger partial charge in [-0.2, -0.15) is 0 Å². The minimum atomic E-state index is -1.08. The summed E-state index contributed by atoms with van der Waals surface area (Å²) in [5.41, 5.74) is 1.86. The van der Waals surface area contributed by atoms with Crippen LogP contribution in [-0.4, -0.2) is 11.0 Å². The molecule has 0 aliphatic rings. The first kappa shape index (κ1) is 23.1. The normalized spacial score (nSPS) is 12.6. The summed E-state index contributed by atoms with van der Waals surface area (Å²) in [7, 11) is 0. The van der Waals surface area contributed by atoms with Crippen LogP contribution in [0.5, 0.6) is 0 Å². The number of urea groups is 1. The number of carbonyl (C=O) groups excluding carboxylic acids is 1. The van der Waals surface area contributed by atoms with Gasteiger partial charge >= 0.3 is 6.03 Å². The lowest BCUT2D eigenvalue weighted by Gasteiger charge is -2.35. The Hall–Kier alpha value is -3.05. The van der Waals surface area contributed by atoms with Gasteiger partial charge < -0.3 is 10.6 Å². The van der Waals surface area contributed by atoms with E-state index in [2.05, 4.69) is 15.6 Å². The van der Waals surface area contributed by atoms with E-state index in [-0.39, 0.29) is 0 Å². The second-order valence-electron chi connectivity index (χ2n) is 7.53. The molecular weight excluding hydrogens is 477 g/mol. The van der Waals surface area contributed by atoms with Gasteiger partial charge in [0.15, 0.2) is 0 Å². The monoisotopic (exact) mass is 495 g/mol. The van der Waals surface area contributed by atoms with Gasteiger partial charge in [-0.1, -0.05) is 83.3 Å². The van der Waals surface area contributed by atoms with Crippen molar-refractivity contribution in [2.75, 3.05) is 5.32 Å². The first-order valence-electron chi connectivity index (χ1n) is 10.2. The van der Waals surface area contributed by atoms with Crippen molar-refractivity contribution in [1.82, 2.24) is 10.3 Å². The van der Waals surface area contributed by atoms with Crippen LogP contribution in [0, 0.1) is 0 Å². The molecule has 1 unspecified atom stereocenters. The van der Waals surface area contributed by atoms with Crippen molar-refractivity contribution in [1.29, 1.82) is 0 Å². The van der Waals surface area contributed by atoms with E-state index in [1.807, 2.05) is 60.7 Å². The van der Waals surface area contributed by atoms with Crippen LogP contribution in [-0.2, 0) is 12.0 Å². The van der Waals surface area contributed by atoms with E-state index < -0.39 is 11.6 Å². The van der Waals surface area contributed by atoms with E-state index in [1.54, 1.807) is 36.5 Å². The number of pyridine rings is 1. The molecule has 4 aromatic rings. The predicted molar refractivity (Wildman–Crippen MR) is 135 cm³/mol. The van der Waals surface area contributed by atoms with Crippen molar-refractivity contribution in [3.05, 3.63) is 129 Å². The molecular formula is C26H20Cl3N3O. The maximum atomic E-state index is 13.3. The van der Waals surface area contributed by atoms with E-state index in [1.165, 1.54) is 0 Å². The van der Waals surface area contributed by atoms with Crippen LogP contribution < -0.4 is 10.6 Å². The maximum absolute atomic E-state index is 13.3. The highest BCUT2D eigenvalue weighted by molar-refractivity contribution is 6.34. The van der Waals surface area contributed by atoms with Crippen LogP contribution in [0.15, 0.2) is 97.2 Å². The molecule has 4 nitrogen and oxygen atoms in total. The highest BCUT2D eigenvalue weighted by Crippen LogP contribution is 2.36. The van der Waals surface area contributed by atoms with E-state index in [0.717, 1.165) is 5.56 Å². The topological polar surface area (TPSA) is 54.0 Å². The third-order valence-electron chi connectivity index (χ3n) is 5.19. The van der Waals surface area contributed by atoms with Crippen molar-refractivity contribution in [3.63, 3.8) is 0 Å². The fourth-order valence-corrected chi connectivity index (χ4v) is 4.37. The molecule has 1 heterocycles. The van der Waals surface area contributed by atoms with Gasteiger partial charge in [0.25, 0.3) is 0 Å². The van der Waals surface area contributed by atoms with Gasteiger partial charge in [0.1, 0.15) is 5.54 Å². The molecule has 2 amide bonds. The summed E-state index contributed by atoms with van der Waals surface area (Å²) in [4.78, 5) is 17.8. The molecule has 1 atom stereocenters. The minimum absolute atomic E-state index is 0.398. The first-order chi connectivity index (χ1) is 15.9. The van der Waals surface area contributed by atoms with Crippen LogP contribution in [0.4, 0.5) is 10.5 Å². The molecule has 2 N–H and O–H groups in total. The highest BCUT2D eigenvalue weighted by Gasteiger charge is 2.38. The molecule has 0 aliphatic carbocycles. The molecule has 4 rings (SSSR count). The van der Waals surface area contributed by atoms with Crippen LogP contribution in [0.25, 0.3) is 0 Å². The van der Waals surface area contributed by atoms with Crippen molar-refractivity contribution < 1.29 is 4.79 Å². The number of rotatable bonds is 6. The summed E-state index contributed by atoms with van der Waals surface area (Å²) in [6.45, 7) is 0. The number of nitrogens with zero attached hydrogens (tertiary/aromatic N) is 1. The number of hydrogen-bond donors (Lipinski definition) is 2. The Bertz CT molecular complexity index is 1210. The molecule has 0 saturated carbocycles. The zero-order chi connectivity index (χ0) is 23.3. The number of nitrogens with one attached hydrogen (secondary N) is 2. The number of halogens is 3. The molecule has 0 bridgehead atoms. The van der Waals surface area contributed by atoms with Crippen LogP contribution in [0.3, 0.4) is 0 Å². The Morgan fingerprint density at radius 2 is 1.42 bits per heavy atom. The number of aromatic nitrogens is 1. The molecule has 3 aromatic carbocycles. The lowest BCUT2D eigenvalue weighted by Crippen LogP contribution is -2.50. The SMILES string of the molecule is O=C(Nc1ccccc1)NC(Cc1ccccc1)(c1cc(Cl)cc(Cl)c1)c1ccc(Cl)cn1. The number of amides is 2. The zero-order valence-electron chi connectivity index (χ0n) is 17.4. The van der Waals surface area contributed by atoms with Gasteiger partial charge in [0, 0.05) is 28.4 Å². The molecule has 0 fully saturated rings. The summed E-state index contributed by atoms with van der Waals surface area (Å²) in [6.07, 6.45) is 1.96. The number of benzene rings is 3. The number of anilines is 1. The van der Waals surface area contributed by atoms with E-state index in [9.17, 15) is 4.79 Å². The second-order valence-corrected chi connectivity index (χ2v) is 8.84. The molecule has 0 radical (unpaired) electrons. The van der Waals surface area contributed by atoms with Crippen LogP contribution in [0.2, 0.25) is 15.1 Å². The van der Waals surface area contributed by atoms with Gasteiger partial charge in [0.2, 0.25) is 0 Å². The standard InChI is InChI=1S/C26H20Cl3N3O/c27-20-11-12-24(30-17-20)26(16-18-7-3-1-4-8-18,19-13-21(28)15-22(29)14-19)32-25(33)31-23-9-5-2-6-10-23/h1-15,17H,16H2,(H2,31,32,33). The Morgan fingerprint density at radius 3 is 2.03 bits per heavy atom. The molecule has 33 heavy (non-hydrogen) atoms. The Kier molecular flexibility index (Phi) is 7.19. The molecule has 166 valence electrons. The Morgan fingerprint density at radius 1 is 0.788 bits per heavy atom. The molecule has 1 aromatic heterocycles. The van der Waals surface area contributed by atoms with Crippen molar-refractivity contribution in [2.45, 2.75) is 12.0 Å². The Labute approximate surface area is 207 Å². The Balaban J connectivity index is 1.86. The van der Waals surface area contributed by atoms with Gasteiger partial charge in [-0.05, 0) is 53.6 Å². The number of carbonyl (C=O) groups is 1. The highest BCUT2D eigenvalue weighted by atomic mass is 35.5. The number of para-hydroxylation sites is 1. The average Bonchev–Trinajstić information content (AvgIpc) is 2.80. The fourth-order valence-electron chi connectivity index (χ4n) is 3.73. The zero-order valence-corrected chi connectivity index (χ0v) is 19.7. The third-order valence-corrected chi connectivity index (χ3v) is 5.85. The molecule has 0 saturated heterocycles. The van der Waals surface area contributed by atoms with Gasteiger partial charge in [-0.25, -0.2) is 4.79 Å². The molecule has 0 spiro atoms. The second kappa shape index (κ2) is 10.3. The van der Waals surface area contributed by atoms with E-state index >= 15 is 0 Å². The minimum Gasteiger partial charge on any atom is -0.322 e. The molecule has 7 heteroatoms. The van der Waals surface area contributed by atoms with E-state index in [0.29, 0.717) is 38.4 Å². The summed E-state index contributed by atoms with van der Waals surface area (Å²) >= 11 is 18.9. The van der Waals surface area contributed by atoms with Crippen LogP contribution in [0.1, 0.15) is 16.8 Å². The fraction of sp³-hybridized carbons (Fsp3) is 0.0769. The quantitative estimate of drug-likeness (QED) is 0.293. The van der Waals surface area contributed by atoms with E-state index in [4.69, 9.17) is 34.8 Å². The van der Waals surface area contributed by atoms with Crippen molar-refractivity contribution >= 4 is 46.5 Å². The summed E-state index contributed by atoms with van der Waals surface area (Å²) in [6, 6.07) is 27.4. The lowest BCUT2D eigenvalue weighted by molar-refractivity contribution is 0.241. The van der Waals surface area contributed by atoms with Crippen LogP contribution >= 0.6 is 34.8 Å². The lowest BCUT2D eigenvalue weighted by atomic mass is 9.80. The van der Waals surface area contributed by atoms with Gasteiger partial charge in [-0.15, -0.1) is 0 Å². The first-order valence-corrected chi connectivity index (χ1v) is 11.3. The predicted octanol–water partition coefficient (Wildman–Crippen LogP) is 7.35. The molecule has 0 aliphatic heterocycles. The van der Waals surface area contributed by atoms with Crippen molar-refractivity contribution in [2.24, 2.45) is 0 Å². The average molecular weight is 497 g/mol. The smallest absolute Gasteiger partial charge is 0.320 e. The summed E-state index contributed by atoms with van der Waals surface area (Å²) in [5.74, 6) is 0. The van der Waals surface area contributed by atoms with Crippen molar-refractivity contribution in [3.8, 4) is 0 Å². The van der Waals surface area contributed by atoms with Gasteiger partial charge in [0.05, 0.1) is 10.7 Å². The maximum Gasteiger partial charge on any atom is 0.320 e. The number of hydrogen-bond acceptors (Lipinski definition) is 2. The summed E-state index contributed by atoms with van der Waals surface area (Å²) < 4.78 is 0. The largest absolute Gasteiger partial charge is 0.322 e.